The largest absolute Gasteiger partial charge is 0.508 e. The molecule has 5 unspecified atom stereocenters. The molecule has 0 amide bonds. The third-order valence-corrected chi connectivity index (χ3v) is 7.18. The van der Waals surface area contributed by atoms with Gasteiger partial charge in [0.05, 0.1) is 0 Å². The first-order valence-electron chi connectivity index (χ1n) is 10.9. The molecule has 0 aliphatic heterocycles. The van der Waals surface area contributed by atoms with Crippen LogP contribution in [0.3, 0.4) is 0 Å². The average Bonchev–Trinajstić information content (AvgIpc) is 3.01. The van der Waals surface area contributed by atoms with Gasteiger partial charge in [0, 0.05) is 0 Å². The summed E-state index contributed by atoms with van der Waals surface area (Å²) in [5.74, 6) is 3.96. The van der Waals surface area contributed by atoms with E-state index in [2.05, 4.69) is 33.1 Å². The lowest BCUT2D eigenvalue weighted by Gasteiger charge is -2.50. The second-order valence-electron chi connectivity index (χ2n) is 7.82. The minimum Gasteiger partial charge on any atom is -0.508 e. The van der Waals surface area contributed by atoms with Crippen molar-refractivity contribution < 1.29 is 5.11 Å². The van der Waals surface area contributed by atoms with Gasteiger partial charge in [-0.05, 0) is 90.9 Å². The van der Waals surface area contributed by atoms with Gasteiger partial charge in [-0.2, -0.15) is 0 Å². The topological polar surface area (TPSA) is 20.2 Å². The number of phenolic OH excluding ortho intramolecular Hbond substituents is 1. The highest BCUT2D eigenvalue weighted by Gasteiger charge is 2.53. The van der Waals surface area contributed by atoms with Crippen molar-refractivity contribution >= 4 is 0 Å². The molecule has 3 aliphatic carbocycles. The Morgan fingerprint density at radius 2 is 1.65 bits per heavy atom. The summed E-state index contributed by atoms with van der Waals surface area (Å²) in [6.07, 6.45) is 8.17. The number of phenols is 1. The van der Waals surface area contributed by atoms with Crippen molar-refractivity contribution in [2.75, 3.05) is 0 Å². The first kappa shape index (κ1) is 22.8. The molecular weight excluding hydrogens is 316 g/mol. The summed E-state index contributed by atoms with van der Waals surface area (Å²) in [5.41, 5.74) is 3.58. The SMILES string of the molecule is C=C.CC.CC.CC1CCC2C3CCc4cc(O)ccc4C3CCC12C. The second-order valence-corrected chi connectivity index (χ2v) is 7.82. The Kier molecular flexibility index (Phi) is 8.93. The Labute approximate surface area is 162 Å². The van der Waals surface area contributed by atoms with Crippen LogP contribution in [0.25, 0.3) is 0 Å². The fourth-order valence-electron chi connectivity index (χ4n) is 5.83. The van der Waals surface area contributed by atoms with Crippen LogP contribution in [0.2, 0.25) is 0 Å². The van der Waals surface area contributed by atoms with Gasteiger partial charge in [0.2, 0.25) is 0 Å². The molecule has 2 fully saturated rings. The molecule has 3 aliphatic rings. The molecule has 1 nitrogen and oxygen atoms in total. The van der Waals surface area contributed by atoms with Gasteiger partial charge in [-0.15, -0.1) is 13.2 Å². The van der Waals surface area contributed by atoms with Crippen LogP contribution in [0.15, 0.2) is 31.4 Å². The smallest absolute Gasteiger partial charge is 0.115 e. The van der Waals surface area contributed by atoms with Gasteiger partial charge in [0.25, 0.3) is 0 Å². The zero-order valence-corrected chi connectivity index (χ0v) is 18.1. The van der Waals surface area contributed by atoms with E-state index in [1.165, 1.54) is 44.1 Å². The molecular formula is C25H42O. The summed E-state index contributed by atoms with van der Waals surface area (Å²) >= 11 is 0. The molecule has 5 atom stereocenters. The molecule has 1 heteroatoms. The summed E-state index contributed by atoms with van der Waals surface area (Å²) in [7, 11) is 0. The Bertz CT molecular complexity index is 549. The Morgan fingerprint density at radius 1 is 1.00 bits per heavy atom. The molecule has 0 saturated heterocycles. The molecule has 0 heterocycles. The molecule has 0 bridgehead atoms. The van der Waals surface area contributed by atoms with Crippen molar-refractivity contribution in [1.29, 1.82) is 0 Å². The minimum atomic E-state index is 0.442. The highest BCUT2D eigenvalue weighted by molar-refractivity contribution is 5.40. The molecule has 1 aromatic rings. The number of rotatable bonds is 0. The molecule has 0 spiro atoms. The normalized spacial score (nSPS) is 33.5. The molecule has 1 N–H and O–H groups in total. The molecule has 26 heavy (non-hydrogen) atoms. The molecule has 2 saturated carbocycles. The van der Waals surface area contributed by atoms with Crippen LogP contribution in [0.1, 0.15) is 90.7 Å². The fourth-order valence-corrected chi connectivity index (χ4v) is 5.83. The first-order valence-corrected chi connectivity index (χ1v) is 10.9. The summed E-state index contributed by atoms with van der Waals surface area (Å²) in [6.45, 7) is 19.0. The van der Waals surface area contributed by atoms with Crippen molar-refractivity contribution in [3.05, 3.63) is 42.5 Å². The van der Waals surface area contributed by atoms with E-state index >= 15 is 0 Å². The highest BCUT2D eigenvalue weighted by atomic mass is 16.3. The van der Waals surface area contributed by atoms with Crippen LogP contribution >= 0.6 is 0 Å². The molecule has 4 rings (SSSR count). The van der Waals surface area contributed by atoms with Crippen LogP contribution in [0.4, 0.5) is 0 Å². The van der Waals surface area contributed by atoms with Crippen molar-refractivity contribution in [2.45, 2.75) is 86.0 Å². The van der Waals surface area contributed by atoms with Crippen LogP contribution in [0, 0.1) is 23.2 Å². The van der Waals surface area contributed by atoms with Gasteiger partial charge in [-0.25, -0.2) is 0 Å². The van der Waals surface area contributed by atoms with Gasteiger partial charge in [0.1, 0.15) is 5.75 Å². The van der Waals surface area contributed by atoms with E-state index in [0.717, 1.165) is 23.7 Å². The molecule has 0 radical (unpaired) electrons. The zero-order chi connectivity index (χ0) is 19.9. The van der Waals surface area contributed by atoms with E-state index < -0.39 is 0 Å². The Balaban J connectivity index is 0.000000515. The number of benzene rings is 1. The monoisotopic (exact) mass is 358 g/mol. The van der Waals surface area contributed by atoms with Gasteiger partial charge in [-0.1, -0.05) is 47.6 Å². The highest BCUT2D eigenvalue weighted by Crippen LogP contribution is 2.62. The first-order chi connectivity index (χ1) is 12.6. The number of aromatic hydroxyl groups is 1. The van der Waals surface area contributed by atoms with Crippen molar-refractivity contribution in [3.8, 4) is 5.75 Å². The predicted octanol–water partition coefficient (Wildman–Crippen LogP) is 7.74. The van der Waals surface area contributed by atoms with Gasteiger partial charge >= 0.3 is 0 Å². The van der Waals surface area contributed by atoms with Crippen molar-refractivity contribution in [2.24, 2.45) is 23.2 Å². The van der Waals surface area contributed by atoms with Gasteiger partial charge < -0.3 is 5.11 Å². The number of hydrogen-bond donors (Lipinski definition) is 1. The fraction of sp³-hybridized carbons (Fsp3) is 0.680. The third kappa shape index (κ3) is 4.02. The van der Waals surface area contributed by atoms with Crippen molar-refractivity contribution in [1.82, 2.24) is 0 Å². The lowest BCUT2D eigenvalue weighted by Crippen LogP contribution is -2.41. The maximum atomic E-state index is 9.71. The number of aryl methyl sites for hydroxylation is 1. The average molecular weight is 359 g/mol. The third-order valence-electron chi connectivity index (χ3n) is 7.18. The Hall–Kier alpha value is -1.24. The standard InChI is InChI=1S/C19H26O.2C2H6.C2H4/c1-12-3-8-18-17-6-4-13-11-14(20)5-7-15(13)16(17)9-10-19(12,18)2;3*1-2/h5,7,11-12,16-18,20H,3-4,6,8-10H2,1-2H3;2*1-2H3;1-2H2. The molecule has 0 aromatic heterocycles. The quantitative estimate of drug-likeness (QED) is 0.470. The van der Waals surface area contributed by atoms with Gasteiger partial charge in [0.15, 0.2) is 0 Å². The summed E-state index contributed by atoms with van der Waals surface area (Å²) in [6, 6.07) is 6.12. The summed E-state index contributed by atoms with van der Waals surface area (Å²) in [4.78, 5) is 0. The van der Waals surface area contributed by atoms with Crippen LogP contribution in [0.5, 0.6) is 5.75 Å². The predicted molar refractivity (Wildman–Crippen MR) is 116 cm³/mol. The summed E-state index contributed by atoms with van der Waals surface area (Å²) < 4.78 is 0. The van der Waals surface area contributed by atoms with Crippen molar-refractivity contribution in [3.63, 3.8) is 0 Å². The minimum absolute atomic E-state index is 0.442. The maximum absolute atomic E-state index is 9.71. The van der Waals surface area contributed by atoms with E-state index in [-0.39, 0.29) is 0 Å². The molecule has 148 valence electrons. The number of hydrogen-bond acceptors (Lipinski definition) is 1. The van der Waals surface area contributed by atoms with Crippen LogP contribution in [-0.4, -0.2) is 5.11 Å². The van der Waals surface area contributed by atoms with E-state index in [1.54, 1.807) is 5.56 Å². The Morgan fingerprint density at radius 3 is 2.31 bits per heavy atom. The second kappa shape index (κ2) is 10.2. The van der Waals surface area contributed by atoms with Crippen LogP contribution < -0.4 is 0 Å². The summed E-state index contributed by atoms with van der Waals surface area (Å²) in [5, 5.41) is 9.71. The lowest BCUT2D eigenvalue weighted by molar-refractivity contribution is 0.0336. The molecule has 1 aromatic carbocycles. The maximum Gasteiger partial charge on any atom is 0.115 e. The zero-order valence-electron chi connectivity index (χ0n) is 18.1. The van der Waals surface area contributed by atoms with E-state index in [9.17, 15) is 5.11 Å². The van der Waals surface area contributed by atoms with Crippen LogP contribution in [-0.2, 0) is 6.42 Å². The van der Waals surface area contributed by atoms with Gasteiger partial charge in [-0.3, -0.25) is 0 Å². The van der Waals surface area contributed by atoms with E-state index in [1.807, 2.05) is 39.8 Å². The van der Waals surface area contributed by atoms with E-state index in [0.29, 0.717) is 11.2 Å². The number of fused-ring (bicyclic) bond motifs is 5. The van der Waals surface area contributed by atoms with E-state index in [4.69, 9.17) is 0 Å². The lowest BCUT2D eigenvalue weighted by atomic mass is 9.54.